The Morgan fingerprint density at radius 3 is 2.67 bits per heavy atom. The molecule has 2 heterocycles. The lowest BCUT2D eigenvalue weighted by Crippen LogP contribution is -2.55. The number of hydrogen-bond acceptors (Lipinski definition) is 5. The number of aromatic nitrogens is 2. The maximum atomic E-state index is 13.7. The van der Waals surface area contributed by atoms with Crippen molar-refractivity contribution >= 4 is 22.6 Å². The molecule has 1 aliphatic carbocycles. The maximum Gasteiger partial charge on any atom is 0.237 e. The fourth-order valence-corrected chi connectivity index (χ4v) is 4.15. The summed E-state index contributed by atoms with van der Waals surface area (Å²) in [7, 11) is 0. The summed E-state index contributed by atoms with van der Waals surface area (Å²) in [4.78, 5) is 25.5. The number of amides is 1. The molecule has 1 aliphatic heterocycles. The van der Waals surface area contributed by atoms with Crippen LogP contribution in [0, 0.1) is 5.82 Å². The van der Waals surface area contributed by atoms with Crippen molar-refractivity contribution in [2.45, 2.75) is 44.7 Å². The van der Waals surface area contributed by atoms with Crippen LogP contribution in [0.4, 0.5) is 10.2 Å². The molecule has 1 amide bonds. The van der Waals surface area contributed by atoms with Gasteiger partial charge in [-0.3, -0.25) is 9.69 Å². The zero-order chi connectivity index (χ0) is 18.8. The second kappa shape index (κ2) is 7.76. The van der Waals surface area contributed by atoms with Gasteiger partial charge in [0.2, 0.25) is 5.91 Å². The number of nitrogens with one attached hydrogen (secondary N) is 1. The van der Waals surface area contributed by atoms with Crippen LogP contribution in [0.25, 0.3) is 10.9 Å². The molecule has 1 saturated carbocycles. The Labute approximate surface area is 158 Å². The third-order valence-corrected chi connectivity index (χ3v) is 5.82. The maximum absolute atomic E-state index is 13.7. The molecule has 7 heteroatoms. The summed E-state index contributed by atoms with van der Waals surface area (Å²) in [5, 5.41) is 3.93. The van der Waals surface area contributed by atoms with Crippen molar-refractivity contribution < 1.29 is 9.18 Å². The van der Waals surface area contributed by atoms with Crippen molar-refractivity contribution in [2.75, 3.05) is 31.1 Å². The first-order valence-electron chi connectivity index (χ1n) is 9.81. The molecule has 2 aliphatic rings. The van der Waals surface area contributed by atoms with E-state index in [2.05, 4.69) is 25.1 Å². The largest absolute Gasteiger partial charge is 0.353 e. The first-order valence-corrected chi connectivity index (χ1v) is 9.81. The predicted octanol–water partition coefficient (Wildman–Crippen LogP) is 2.34. The van der Waals surface area contributed by atoms with Crippen molar-refractivity contribution in [3.05, 3.63) is 30.3 Å². The first kappa shape index (κ1) is 18.1. The SMILES string of the molecule is CC(C(=O)NC1CCCC1)N1CCN(c2ncnc3ccc(F)cc23)CC1. The Morgan fingerprint density at radius 2 is 1.93 bits per heavy atom. The average molecular weight is 371 g/mol. The second-order valence-electron chi connectivity index (χ2n) is 7.55. The molecule has 1 unspecified atom stereocenters. The van der Waals surface area contributed by atoms with Gasteiger partial charge in [0.15, 0.2) is 0 Å². The lowest BCUT2D eigenvalue weighted by Gasteiger charge is -2.38. The molecule has 6 nitrogen and oxygen atoms in total. The fraction of sp³-hybridized carbons (Fsp3) is 0.550. The van der Waals surface area contributed by atoms with Crippen molar-refractivity contribution in [1.29, 1.82) is 0 Å². The zero-order valence-corrected chi connectivity index (χ0v) is 15.7. The van der Waals surface area contributed by atoms with Gasteiger partial charge in [0.25, 0.3) is 0 Å². The van der Waals surface area contributed by atoms with Crippen LogP contribution in [0.2, 0.25) is 0 Å². The summed E-state index contributed by atoms with van der Waals surface area (Å²) >= 11 is 0. The molecule has 1 aromatic heterocycles. The van der Waals surface area contributed by atoms with E-state index in [-0.39, 0.29) is 17.8 Å². The van der Waals surface area contributed by atoms with E-state index < -0.39 is 0 Å². The highest BCUT2D eigenvalue weighted by Crippen LogP contribution is 2.25. The number of halogens is 1. The quantitative estimate of drug-likeness (QED) is 0.894. The Balaban J connectivity index is 1.40. The summed E-state index contributed by atoms with van der Waals surface area (Å²) < 4.78 is 13.7. The third kappa shape index (κ3) is 3.88. The Hall–Kier alpha value is -2.28. The van der Waals surface area contributed by atoms with Crippen LogP contribution in [0.3, 0.4) is 0 Å². The first-order chi connectivity index (χ1) is 13.1. The lowest BCUT2D eigenvalue weighted by atomic mass is 10.1. The number of piperazine rings is 1. The number of fused-ring (bicyclic) bond motifs is 1. The minimum Gasteiger partial charge on any atom is -0.353 e. The lowest BCUT2D eigenvalue weighted by molar-refractivity contribution is -0.126. The van der Waals surface area contributed by atoms with E-state index in [4.69, 9.17) is 0 Å². The van der Waals surface area contributed by atoms with Crippen LogP contribution in [-0.2, 0) is 4.79 Å². The van der Waals surface area contributed by atoms with E-state index in [1.54, 1.807) is 6.07 Å². The van der Waals surface area contributed by atoms with E-state index in [0.29, 0.717) is 6.04 Å². The number of rotatable bonds is 4. The normalized spacial score (nSPS) is 20.1. The molecule has 0 spiro atoms. The van der Waals surface area contributed by atoms with Crippen LogP contribution in [-0.4, -0.2) is 59.0 Å². The smallest absolute Gasteiger partial charge is 0.237 e. The van der Waals surface area contributed by atoms with Crippen LogP contribution >= 0.6 is 0 Å². The van der Waals surface area contributed by atoms with Gasteiger partial charge < -0.3 is 10.2 Å². The molecule has 27 heavy (non-hydrogen) atoms. The van der Waals surface area contributed by atoms with Crippen molar-refractivity contribution in [2.24, 2.45) is 0 Å². The van der Waals surface area contributed by atoms with Gasteiger partial charge in [-0.25, -0.2) is 14.4 Å². The zero-order valence-electron chi connectivity index (χ0n) is 15.7. The Kier molecular flexibility index (Phi) is 5.20. The van der Waals surface area contributed by atoms with Crippen LogP contribution in [0.5, 0.6) is 0 Å². The van der Waals surface area contributed by atoms with Gasteiger partial charge in [0.1, 0.15) is 18.0 Å². The van der Waals surface area contributed by atoms with Gasteiger partial charge in [-0.2, -0.15) is 0 Å². The molecule has 1 aromatic carbocycles. The van der Waals surface area contributed by atoms with E-state index in [1.165, 1.54) is 31.3 Å². The van der Waals surface area contributed by atoms with Gasteiger partial charge >= 0.3 is 0 Å². The van der Waals surface area contributed by atoms with Crippen LogP contribution in [0.15, 0.2) is 24.5 Å². The summed E-state index contributed by atoms with van der Waals surface area (Å²) in [5.74, 6) is 0.613. The van der Waals surface area contributed by atoms with E-state index in [9.17, 15) is 9.18 Å². The standard InChI is InChI=1S/C20H26FN5O/c1-14(20(27)24-16-4-2-3-5-16)25-8-10-26(11-9-25)19-17-12-15(21)6-7-18(17)22-13-23-19/h6-7,12-14,16H,2-5,8-11H2,1H3,(H,24,27). The minimum absolute atomic E-state index is 0.130. The molecular formula is C20H26FN5O. The van der Waals surface area contributed by atoms with Crippen molar-refractivity contribution in [1.82, 2.24) is 20.2 Å². The van der Waals surface area contributed by atoms with Crippen molar-refractivity contribution in [3.63, 3.8) is 0 Å². The third-order valence-electron chi connectivity index (χ3n) is 5.82. The summed E-state index contributed by atoms with van der Waals surface area (Å²) in [6, 6.07) is 4.81. The van der Waals surface area contributed by atoms with Gasteiger partial charge in [0.05, 0.1) is 11.6 Å². The molecule has 1 N–H and O–H groups in total. The number of nitrogens with zero attached hydrogens (tertiary/aromatic N) is 4. The predicted molar refractivity (Wildman–Crippen MR) is 103 cm³/mol. The van der Waals surface area contributed by atoms with E-state index in [1.807, 2.05) is 6.92 Å². The summed E-state index contributed by atoms with van der Waals surface area (Å²) in [5.41, 5.74) is 0.744. The topological polar surface area (TPSA) is 61.4 Å². The van der Waals surface area contributed by atoms with Crippen LogP contribution in [0.1, 0.15) is 32.6 Å². The molecular weight excluding hydrogens is 345 g/mol. The average Bonchev–Trinajstić information content (AvgIpc) is 3.20. The summed E-state index contributed by atoms with van der Waals surface area (Å²) in [6.45, 7) is 5.04. The van der Waals surface area contributed by atoms with Gasteiger partial charge in [-0.1, -0.05) is 12.8 Å². The number of hydrogen-bond donors (Lipinski definition) is 1. The molecule has 4 rings (SSSR count). The number of benzene rings is 1. The molecule has 2 fully saturated rings. The fourth-order valence-electron chi connectivity index (χ4n) is 4.15. The number of carbonyl (C=O) groups excluding carboxylic acids is 1. The van der Waals surface area contributed by atoms with Gasteiger partial charge in [-0.15, -0.1) is 0 Å². The Morgan fingerprint density at radius 1 is 1.19 bits per heavy atom. The molecule has 1 saturated heterocycles. The highest BCUT2D eigenvalue weighted by Gasteiger charge is 2.28. The van der Waals surface area contributed by atoms with Crippen molar-refractivity contribution in [3.8, 4) is 0 Å². The number of anilines is 1. The summed E-state index contributed by atoms with van der Waals surface area (Å²) in [6.07, 6.45) is 6.16. The van der Waals surface area contributed by atoms with Gasteiger partial charge in [-0.05, 0) is 38.0 Å². The highest BCUT2D eigenvalue weighted by atomic mass is 19.1. The minimum atomic E-state index is -0.283. The van der Waals surface area contributed by atoms with Gasteiger partial charge in [0, 0.05) is 37.6 Å². The Bertz CT molecular complexity index is 815. The molecule has 1 atom stereocenters. The van der Waals surface area contributed by atoms with E-state index in [0.717, 1.165) is 55.7 Å². The highest BCUT2D eigenvalue weighted by molar-refractivity contribution is 5.89. The molecule has 0 radical (unpaired) electrons. The molecule has 0 bridgehead atoms. The number of carbonyl (C=O) groups is 1. The monoisotopic (exact) mass is 371 g/mol. The molecule has 2 aromatic rings. The van der Waals surface area contributed by atoms with E-state index >= 15 is 0 Å². The second-order valence-corrected chi connectivity index (χ2v) is 7.55. The van der Waals surface area contributed by atoms with Crippen LogP contribution < -0.4 is 10.2 Å². The molecule has 144 valence electrons.